The van der Waals surface area contributed by atoms with Gasteiger partial charge in [-0.15, -0.1) is 11.8 Å². The van der Waals surface area contributed by atoms with Crippen molar-refractivity contribution in [2.45, 2.75) is 41.5 Å². The van der Waals surface area contributed by atoms with Crippen molar-refractivity contribution in [3.63, 3.8) is 0 Å². The van der Waals surface area contributed by atoms with Crippen LogP contribution in [0.15, 0.2) is 34.1 Å². The van der Waals surface area contributed by atoms with Crippen molar-refractivity contribution in [3.8, 4) is 6.07 Å². The standard InChI is InChI=1S/C15H22N2O2S2/c1-4-15(12-16,17-2)10-5-11-20-13-6-8-14(9-7-13)21(3,18)19/h6-9,17H,4-5,10-11H2,1-3H3. The highest BCUT2D eigenvalue weighted by molar-refractivity contribution is 7.99. The summed E-state index contributed by atoms with van der Waals surface area (Å²) in [6, 6.07) is 9.28. The van der Waals surface area contributed by atoms with Gasteiger partial charge in [0.2, 0.25) is 0 Å². The van der Waals surface area contributed by atoms with Crippen molar-refractivity contribution in [1.82, 2.24) is 5.32 Å². The molecule has 0 heterocycles. The van der Waals surface area contributed by atoms with Crippen LogP contribution in [0.25, 0.3) is 0 Å². The number of hydrogen-bond acceptors (Lipinski definition) is 5. The zero-order valence-electron chi connectivity index (χ0n) is 12.7. The van der Waals surface area contributed by atoms with E-state index < -0.39 is 15.4 Å². The Kier molecular flexibility index (Phi) is 6.72. The molecular weight excluding hydrogens is 304 g/mol. The van der Waals surface area contributed by atoms with Crippen LogP contribution in [0.4, 0.5) is 0 Å². The molecule has 1 N–H and O–H groups in total. The molecule has 0 aromatic heterocycles. The Bertz CT molecular complexity index is 585. The first-order valence-corrected chi connectivity index (χ1v) is 9.77. The van der Waals surface area contributed by atoms with E-state index in [-0.39, 0.29) is 0 Å². The van der Waals surface area contributed by atoms with Gasteiger partial charge < -0.3 is 5.32 Å². The van der Waals surface area contributed by atoms with Crippen molar-refractivity contribution in [1.29, 1.82) is 5.26 Å². The van der Waals surface area contributed by atoms with E-state index in [2.05, 4.69) is 11.4 Å². The minimum atomic E-state index is -3.13. The minimum Gasteiger partial charge on any atom is -0.302 e. The quantitative estimate of drug-likeness (QED) is 0.587. The van der Waals surface area contributed by atoms with Crippen LogP contribution in [0.2, 0.25) is 0 Å². The molecule has 1 atom stereocenters. The van der Waals surface area contributed by atoms with Crippen LogP contribution in [0.5, 0.6) is 0 Å². The number of hydrogen-bond donors (Lipinski definition) is 1. The molecule has 0 saturated heterocycles. The van der Waals surface area contributed by atoms with Crippen molar-refractivity contribution in [2.75, 3.05) is 19.1 Å². The van der Waals surface area contributed by atoms with Gasteiger partial charge in [0.15, 0.2) is 9.84 Å². The zero-order chi connectivity index (χ0) is 15.9. The van der Waals surface area contributed by atoms with Gasteiger partial charge in [0.25, 0.3) is 0 Å². The van der Waals surface area contributed by atoms with Crippen LogP contribution in [-0.4, -0.2) is 33.0 Å². The van der Waals surface area contributed by atoms with Gasteiger partial charge in [-0.25, -0.2) is 8.42 Å². The molecule has 0 fully saturated rings. The number of thioether (sulfide) groups is 1. The summed E-state index contributed by atoms with van der Waals surface area (Å²) in [7, 11) is -1.30. The summed E-state index contributed by atoms with van der Waals surface area (Å²) in [5.41, 5.74) is -0.430. The Labute approximate surface area is 131 Å². The molecule has 0 spiro atoms. The summed E-state index contributed by atoms with van der Waals surface area (Å²) >= 11 is 1.68. The van der Waals surface area contributed by atoms with E-state index in [0.29, 0.717) is 4.90 Å². The van der Waals surface area contributed by atoms with Gasteiger partial charge in [-0.3, -0.25) is 0 Å². The monoisotopic (exact) mass is 326 g/mol. The first-order valence-electron chi connectivity index (χ1n) is 6.90. The molecule has 0 radical (unpaired) electrons. The van der Waals surface area contributed by atoms with Crippen molar-refractivity contribution in [3.05, 3.63) is 24.3 Å². The molecule has 0 bridgehead atoms. The third kappa shape index (κ3) is 5.34. The SMILES string of the molecule is CCC(C#N)(CCCSc1ccc(S(C)(=O)=O)cc1)NC. The summed E-state index contributed by atoms with van der Waals surface area (Å²) in [6.07, 6.45) is 3.73. The smallest absolute Gasteiger partial charge is 0.175 e. The number of nitrogens with zero attached hydrogens (tertiary/aromatic N) is 1. The summed E-state index contributed by atoms with van der Waals surface area (Å²) < 4.78 is 22.7. The van der Waals surface area contributed by atoms with Gasteiger partial charge in [0, 0.05) is 11.2 Å². The second-order valence-corrected chi connectivity index (χ2v) is 8.18. The first-order chi connectivity index (χ1) is 9.87. The number of benzene rings is 1. The van der Waals surface area contributed by atoms with Crippen LogP contribution in [0, 0.1) is 11.3 Å². The van der Waals surface area contributed by atoms with Crippen LogP contribution >= 0.6 is 11.8 Å². The average molecular weight is 326 g/mol. The highest BCUT2D eigenvalue weighted by Crippen LogP contribution is 2.23. The molecule has 0 aliphatic rings. The lowest BCUT2D eigenvalue weighted by Gasteiger charge is -2.24. The minimum absolute atomic E-state index is 0.344. The maximum atomic E-state index is 11.4. The molecule has 21 heavy (non-hydrogen) atoms. The summed E-state index contributed by atoms with van der Waals surface area (Å²) in [5.74, 6) is 0.906. The molecule has 0 aliphatic carbocycles. The summed E-state index contributed by atoms with van der Waals surface area (Å²) in [6.45, 7) is 2.01. The van der Waals surface area contributed by atoms with Crippen LogP contribution < -0.4 is 5.32 Å². The molecule has 1 aromatic carbocycles. The fourth-order valence-electron chi connectivity index (χ4n) is 2.02. The first kappa shape index (κ1) is 18.0. The molecule has 4 nitrogen and oxygen atoms in total. The maximum absolute atomic E-state index is 11.4. The van der Waals surface area contributed by atoms with Gasteiger partial charge in [-0.05, 0) is 56.3 Å². The number of sulfone groups is 1. The molecular formula is C15H22N2O2S2. The van der Waals surface area contributed by atoms with E-state index in [0.717, 1.165) is 29.9 Å². The van der Waals surface area contributed by atoms with Gasteiger partial charge >= 0.3 is 0 Å². The predicted molar refractivity (Wildman–Crippen MR) is 87.2 cm³/mol. The topological polar surface area (TPSA) is 70.0 Å². The maximum Gasteiger partial charge on any atom is 0.175 e. The molecule has 0 saturated carbocycles. The van der Waals surface area contributed by atoms with E-state index in [1.807, 2.05) is 26.1 Å². The molecule has 116 valence electrons. The van der Waals surface area contributed by atoms with E-state index in [9.17, 15) is 13.7 Å². The molecule has 1 rings (SSSR count). The zero-order valence-corrected chi connectivity index (χ0v) is 14.4. The fourth-order valence-corrected chi connectivity index (χ4v) is 3.50. The normalized spacial score (nSPS) is 14.4. The number of rotatable bonds is 8. The number of nitrogens with one attached hydrogen (secondary N) is 1. The summed E-state index contributed by atoms with van der Waals surface area (Å²) in [5, 5.41) is 12.3. The van der Waals surface area contributed by atoms with Gasteiger partial charge in [-0.1, -0.05) is 6.92 Å². The Morgan fingerprint density at radius 3 is 2.38 bits per heavy atom. The molecule has 0 amide bonds. The average Bonchev–Trinajstić information content (AvgIpc) is 2.48. The number of nitriles is 1. The third-order valence-corrected chi connectivity index (χ3v) is 5.79. The molecule has 1 unspecified atom stereocenters. The highest BCUT2D eigenvalue weighted by atomic mass is 32.2. The second kappa shape index (κ2) is 7.83. The molecule has 1 aromatic rings. The molecule has 6 heteroatoms. The Balaban J connectivity index is 2.49. The van der Waals surface area contributed by atoms with Crippen molar-refractivity contribution >= 4 is 21.6 Å². The Morgan fingerprint density at radius 2 is 1.95 bits per heavy atom. The van der Waals surface area contributed by atoms with Crippen LogP contribution in [-0.2, 0) is 9.84 Å². The lowest BCUT2D eigenvalue weighted by atomic mass is 9.93. The second-order valence-electron chi connectivity index (χ2n) is 4.99. The van der Waals surface area contributed by atoms with E-state index in [1.165, 1.54) is 6.26 Å². The lowest BCUT2D eigenvalue weighted by Crippen LogP contribution is -2.40. The van der Waals surface area contributed by atoms with Crippen molar-refractivity contribution < 1.29 is 8.42 Å². The van der Waals surface area contributed by atoms with Gasteiger partial charge in [0.05, 0.1) is 11.0 Å². The van der Waals surface area contributed by atoms with E-state index in [4.69, 9.17) is 0 Å². The van der Waals surface area contributed by atoms with Crippen LogP contribution in [0.3, 0.4) is 0 Å². The highest BCUT2D eigenvalue weighted by Gasteiger charge is 2.24. The van der Waals surface area contributed by atoms with Crippen LogP contribution in [0.1, 0.15) is 26.2 Å². The van der Waals surface area contributed by atoms with E-state index in [1.54, 1.807) is 23.9 Å². The predicted octanol–water partition coefficient (Wildman–Crippen LogP) is 2.85. The van der Waals surface area contributed by atoms with Gasteiger partial charge in [-0.2, -0.15) is 5.26 Å². The molecule has 0 aliphatic heterocycles. The van der Waals surface area contributed by atoms with Gasteiger partial charge in [0.1, 0.15) is 5.54 Å². The fraction of sp³-hybridized carbons (Fsp3) is 0.533. The lowest BCUT2D eigenvalue weighted by molar-refractivity contribution is 0.400. The third-order valence-electron chi connectivity index (χ3n) is 3.56. The largest absolute Gasteiger partial charge is 0.302 e. The Hall–Kier alpha value is -1.03. The van der Waals surface area contributed by atoms with E-state index >= 15 is 0 Å². The summed E-state index contributed by atoms with van der Waals surface area (Å²) in [4.78, 5) is 1.39. The Morgan fingerprint density at radius 1 is 1.33 bits per heavy atom. The van der Waals surface area contributed by atoms with Crippen molar-refractivity contribution in [2.24, 2.45) is 0 Å².